The zero-order valence-electron chi connectivity index (χ0n) is 10.9. The molecule has 4 heteroatoms. The highest BCUT2D eigenvalue weighted by molar-refractivity contribution is 7.84. The number of hydrogen-bond acceptors (Lipinski definition) is 3. The largest absolute Gasteiger partial charge is 0.497 e. The lowest BCUT2D eigenvalue weighted by molar-refractivity contribution is 0.405. The lowest BCUT2D eigenvalue weighted by Gasteiger charge is -2.21. The molecule has 1 saturated heterocycles. The van der Waals surface area contributed by atoms with Gasteiger partial charge in [-0.05, 0) is 49.5 Å². The second kappa shape index (κ2) is 6.90. The first-order chi connectivity index (χ1) is 8.78. The van der Waals surface area contributed by atoms with Crippen molar-refractivity contribution in [2.24, 2.45) is 5.92 Å². The quantitative estimate of drug-likeness (QED) is 0.886. The molecule has 1 aliphatic heterocycles. The van der Waals surface area contributed by atoms with Crippen LogP contribution in [0.25, 0.3) is 0 Å². The van der Waals surface area contributed by atoms with Gasteiger partial charge in [0.2, 0.25) is 0 Å². The van der Waals surface area contributed by atoms with E-state index in [4.69, 9.17) is 4.74 Å². The molecule has 0 spiro atoms. The number of rotatable bonds is 5. The SMILES string of the molecule is COc1ccc(CS(=O)CC2CCNCC2)cc1. The zero-order chi connectivity index (χ0) is 12.8. The summed E-state index contributed by atoms with van der Waals surface area (Å²) < 4.78 is 17.2. The predicted octanol–water partition coefficient (Wildman–Crippen LogP) is 1.94. The molecule has 18 heavy (non-hydrogen) atoms. The third-order valence-corrected chi connectivity index (χ3v) is 4.87. The number of nitrogens with one attached hydrogen (secondary N) is 1. The summed E-state index contributed by atoms with van der Waals surface area (Å²) in [5.74, 6) is 2.98. The topological polar surface area (TPSA) is 38.3 Å². The van der Waals surface area contributed by atoms with Crippen LogP contribution in [-0.4, -0.2) is 30.2 Å². The number of piperidine rings is 1. The van der Waals surface area contributed by atoms with Crippen LogP contribution in [0.3, 0.4) is 0 Å². The molecule has 2 rings (SSSR count). The molecular weight excluding hydrogens is 246 g/mol. The third kappa shape index (κ3) is 4.10. The van der Waals surface area contributed by atoms with Crippen LogP contribution in [0.5, 0.6) is 5.75 Å². The van der Waals surface area contributed by atoms with E-state index in [0.717, 1.165) is 43.0 Å². The van der Waals surface area contributed by atoms with E-state index in [-0.39, 0.29) is 0 Å². The molecule has 1 heterocycles. The van der Waals surface area contributed by atoms with Gasteiger partial charge >= 0.3 is 0 Å². The number of methoxy groups -OCH3 is 1. The average Bonchev–Trinajstić information content (AvgIpc) is 2.40. The van der Waals surface area contributed by atoms with Crippen molar-refractivity contribution in [1.82, 2.24) is 5.32 Å². The van der Waals surface area contributed by atoms with Crippen molar-refractivity contribution in [2.75, 3.05) is 26.0 Å². The fraction of sp³-hybridized carbons (Fsp3) is 0.571. The molecule has 3 nitrogen and oxygen atoms in total. The minimum absolute atomic E-state index is 0.630. The van der Waals surface area contributed by atoms with E-state index in [1.807, 2.05) is 24.3 Å². The van der Waals surface area contributed by atoms with Gasteiger partial charge in [0.25, 0.3) is 0 Å². The first-order valence-electron chi connectivity index (χ1n) is 6.46. The van der Waals surface area contributed by atoms with E-state index >= 15 is 0 Å². The fourth-order valence-corrected chi connectivity index (χ4v) is 3.82. The summed E-state index contributed by atoms with van der Waals surface area (Å²) in [5.41, 5.74) is 1.13. The van der Waals surface area contributed by atoms with Gasteiger partial charge in [-0.25, -0.2) is 0 Å². The van der Waals surface area contributed by atoms with Crippen molar-refractivity contribution in [2.45, 2.75) is 18.6 Å². The Bertz CT molecular complexity index is 385. The molecule has 0 saturated carbocycles. The lowest BCUT2D eigenvalue weighted by atomic mass is 10.0. The molecule has 0 aliphatic carbocycles. The maximum absolute atomic E-state index is 12.1. The van der Waals surface area contributed by atoms with E-state index in [2.05, 4.69) is 5.32 Å². The van der Waals surface area contributed by atoms with Crippen molar-refractivity contribution < 1.29 is 8.95 Å². The van der Waals surface area contributed by atoms with Crippen LogP contribution in [0.2, 0.25) is 0 Å². The highest BCUT2D eigenvalue weighted by atomic mass is 32.2. The van der Waals surface area contributed by atoms with Gasteiger partial charge in [0.15, 0.2) is 0 Å². The van der Waals surface area contributed by atoms with Gasteiger partial charge in [-0.15, -0.1) is 0 Å². The normalized spacial score (nSPS) is 18.5. The number of hydrogen-bond donors (Lipinski definition) is 1. The smallest absolute Gasteiger partial charge is 0.118 e. The Hall–Kier alpha value is -0.870. The van der Waals surface area contributed by atoms with Crippen molar-refractivity contribution >= 4 is 10.8 Å². The Morgan fingerprint density at radius 2 is 1.94 bits per heavy atom. The monoisotopic (exact) mass is 267 g/mol. The fourth-order valence-electron chi connectivity index (χ4n) is 2.28. The van der Waals surface area contributed by atoms with E-state index in [1.165, 1.54) is 0 Å². The lowest BCUT2D eigenvalue weighted by Crippen LogP contribution is -2.30. The molecule has 0 radical (unpaired) electrons. The summed E-state index contributed by atoms with van der Waals surface area (Å²) in [6, 6.07) is 7.85. The van der Waals surface area contributed by atoms with Gasteiger partial charge < -0.3 is 10.1 Å². The standard InChI is InChI=1S/C14H21NO2S/c1-17-14-4-2-12(3-5-14)10-18(16)11-13-6-8-15-9-7-13/h2-5,13,15H,6-11H2,1H3. The van der Waals surface area contributed by atoms with Gasteiger partial charge in [0.05, 0.1) is 7.11 Å². The summed E-state index contributed by atoms with van der Waals surface area (Å²) in [6.45, 7) is 2.15. The molecule has 1 atom stereocenters. The predicted molar refractivity (Wildman–Crippen MR) is 75.3 cm³/mol. The second-order valence-corrected chi connectivity index (χ2v) is 6.29. The van der Waals surface area contributed by atoms with Gasteiger partial charge in [-0.1, -0.05) is 12.1 Å². The maximum atomic E-state index is 12.1. The van der Waals surface area contributed by atoms with Crippen LogP contribution < -0.4 is 10.1 Å². The van der Waals surface area contributed by atoms with Gasteiger partial charge in [0.1, 0.15) is 5.75 Å². The minimum Gasteiger partial charge on any atom is -0.497 e. The first kappa shape index (κ1) is 13.6. The molecular formula is C14H21NO2S. The molecule has 0 amide bonds. The van der Waals surface area contributed by atoms with Crippen LogP contribution in [0, 0.1) is 5.92 Å². The molecule has 1 aromatic rings. The molecule has 0 bridgehead atoms. The summed E-state index contributed by atoms with van der Waals surface area (Å²) in [6.07, 6.45) is 2.32. The molecule has 1 unspecified atom stereocenters. The molecule has 1 N–H and O–H groups in total. The van der Waals surface area contributed by atoms with E-state index in [9.17, 15) is 4.21 Å². The summed E-state index contributed by atoms with van der Waals surface area (Å²) in [5, 5.41) is 3.34. The Kier molecular flexibility index (Phi) is 5.20. The highest BCUT2D eigenvalue weighted by Gasteiger charge is 2.16. The van der Waals surface area contributed by atoms with E-state index in [1.54, 1.807) is 7.11 Å². The molecule has 1 fully saturated rings. The van der Waals surface area contributed by atoms with E-state index in [0.29, 0.717) is 11.7 Å². The van der Waals surface area contributed by atoms with Crippen LogP contribution in [0.15, 0.2) is 24.3 Å². The van der Waals surface area contributed by atoms with Crippen LogP contribution in [-0.2, 0) is 16.6 Å². The van der Waals surface area contributed by atoms with Crippen molar-refractivity contribution in [1.29, 1.82) is 0 Å². The van der Waals surface area contributed by atoms with Gasteiger partial charge in [-0.2, -0.15) is 0 Å². The Morgan fingerprint density at radius 3 is 2.56 bits per heavy atom. The van der Waals surface area contributed by atoms with Crippen LogP contribution in [0.1, 0.15) is 18.4 Å². The van der Waals surface area contributed by atoms with E-state index < -0.39 is 10.8 Å². The second-order valence-electron chi connectivity index (χ2n) is 4.79. The molecule has 1 aliphatic rings. The van der Waals surface area contributed by atoms with Crippen molar-refractivity contribution in [3.63, 3.8) is 0 Å². The zero-order valence-corrected chi connectivity index (χ0v) is 11.7. The summed E-state index contributed by atoms with van der Waals surface area (Å²) in [4.78, 5) is 0. The number of benzene rings is 1. The molecule has 1 aromatic carbocycles. The minimum atomic E-state index is -0.746. The van der Waals surface area contributed by atoms with Crippen LogP contribution >= 0.6 is 0 Å². The highest BCUT2D eigenvalue weighted by Crippen LogP contribution is 2.16. The summed E-state index contributed by atoms with van der Waals surface area (Å²) in [7, 11) is 0.911. The van der Waals surface area contributed by atoms with Crippen LogP contribution in [0.4, 0.5) is 0 Å². The van der Waals surface area contributed by atoms with Gasteiger partial charge in [-0.3, -0.25) is 4.21 Å². The maximum Gasteiger partial charge on any atom is 0.118 e. The number of ether oxygens (including phenoxy) is 1. The average molecular weight is 267 g/mol. The molecule has 0 aromatic heterocycles. The Labute approximate surface area is 111 Å². The van der Waals surface area contributed by atoms with Crippen molar-refractivity contribution in [3.05, 3.63) is 29.8 Å². The summed E-state index contributed by atoms with van der Waals surface area (Å²) >= 11 is 0. The Balaban J connectivity index is 1.82. The Morgan fingerprint density at radius 1 is 1.28 bits per heavy atom. The molecule has 100 valence electrons. The van der Waals surface area contributed by atoms with Gasteiger partial charge in [0, 0.05) is 22.3 Å². The first-order valence-corrected chi connectivity index (χ1v) is 7.95. The van der Waals surface area contributed by atoms with Crippen molar-refractivity contribution in [3.8, 4) is 5.75 Å². The third-order valence-electron chi connectivity index (χ3n) is 3.37.